The first-order chi connectivity index (χ1) is 9.11. The van der Waals surface area contributed by atoms with Crippen LogP contribution in [-0.4, -0.2) is 31.6 Å². The van der Waals surface area contributed by atoms with E-state index >= 15 is 0 Å². The highest BCUT2D eigenvalue weighted by Gasteiger charge is 2.23. The number of carbonyl (C=O) groups excluding carboxylic acids is 2. The number of carbonyl (C=O) groups is 2. The number of rotatable bonds is 3. The number of hydrogen-bond acceptors (Lipinski definition) is 4. The van der Waals surface area contributed by atoms with Gasteiger partial charge in [0.15, 0.2) is 0 Å². The molecule has 2 rings (SSSR count). The first-order valence-electron chi connectivity index (χ1n) is 6.04. The fourth-order valence-corrected chi connectivity index (χ4v) is 2.03. The molecule has 1 aliphatic heterocycles. The quantitative estimate of drug-likeness (QED) is 0.809. The number of anilines is 1. The van der Waals surface area contributed by atoms with Crippen molar-refractivity contribution in [3.63, 3.8) is 0 Å². The molecule has 1 atom stereocenters. The third-order valence-corrected chi connectivity index (χ3v) is 3.02. The van der Waals surface area contributed by atoms with Gasteiger partial charge in [-0.25, -0.2) is 9.18 Å². The Bertz CT molecular complexity index is 499. The van der Waals surface area contributed by atoms with Gasteiger partial charge in [0, 0.05) is 0 Å². The summed E-state index contributed by atoms with van der Waals surface area (Å²) in [5.74, 6) is -1.47. The van der Waals surface area contributed by atoms with Gasteiger partial charge in [0.1, 0.15) is 5.82 Å². The molecule has 1 amide bonds. The van der Waals surface area contributed by atoms with Crippen LogP contribution in [0.25, 0.3) is 0 Å². The summed E-state index contributed by atoms with van der Waals surface area (Å²) in [4.78, 5) is 23.5. The molecule has 0 aromatic heterocycles. The molecule has 1 aromatic carbocycles. The fourth-order valence-electron chi connectivity index (χ4n) is 2.03. The van der Waals surface area contributed by atoms with Crippen LogP contribution in [0.4, 0.5) is 10.1 Å². The Balaban J connectivity index is 2.19. The van der Waals surface area contributed by atoms with Crippen LogP contribution in [-0.2, 0) is 9.53 Å². The predicted molar refractivity (Wildman–Crippen MR) is 67.4 cm³/mol. The average Bonchev–Trinajstić information content (AvgIpc) is 2.94. The van der Waals surface area contributed by atoms with E-state index in [1.165, 1.54) is 19.2 Å². The minimum absolute atomic E-state index is 0.00819. The van der Waals surface area contributed by atoms with Crippen molar-refractivity contribution in [1.82, 2.24) is 5.32 Å². The zero-order valence-corrected chi connectivity index (χ0v) is 10.5. The van der Waals surface area contributed by atoms with Gasteiger partial charge in [-0.05, 0) is 37.6 Å². The minimum atomic E-state index is -0.686. The standard InChI is InChI=1S/C13H15FN2O3/c1-19-13(18)9-7-8(14)4-5-10(9)16-12(17)11-3-2-6-15-11/h4-5,7,11,15H,2-3,6H2,1H3,(H,16,17)/t11-/m0/s1. The molecule has 1 saturated heterocycles. The van der Waals surface area contributed by atoms with Crippen LogP contribution in [0, 0.1) is 5.82 Å². The number of esters is 1. The number of methoxy groups -OCH3 is 1. The first-order valence-corrected chi connectivity index (χ1v) is 6.04. The van der Waals surface area contributed by atoms with E-state index in [0.717, 1.165) is 25.5 Å². The van der Waals surface area contributed by atoms with E-state index in [4.69, 9.17) is 0 Å². The van der Waals surface area contributed by atoms with Gasteiger partial charge in [0.2, 0.25) is 5.91 Å². The van der Waals surface area contributed by atoms with E-state index in [1.54, 1.807) is 0 Å². The Labute approximate surface area is 110 Å². The third-order valence-electron chi connectivity index (χ3n) is 3.02. The molecule has 0 radical (unpaired) electrons. The largest absolute Gasteiger partial charge is 0.465 e. The maximum atomic E-state index is 13.1. The lowest BCUT2D eigenvalue weighted by atomic mass is 10.1. The van der Waals surface area contributed by atoms with Gasteiger partial charge in [0.05, 0.1) is 24.4 Å². The summed E-state index contributed by atoms with van der Waals surface area (Å²) >= 11 is 0. The molecule has 0 spiro atoms. The van der Waals surface area contributed by atoms with Gasteiger partial charge in [-0.2, -0.15) is 0 Å². The van der Waals surface area contributed by atoms with Gasteiger partial charge in [-0.15, -0.1) is 0 Å². The molecule has 0 aliphatic carbocycles. The van der Waals surface area contributed by atoms with Crippen molar-refractivity contribution >= 4 is 17.6 Å². The van der Waals surface area contributed by atoms with Crippen LogP contribution < -0.4 is 10.6 Å². The maximum absolute atomic E-state index is 13.1. The molecule has 1 fully saturated rings. The number of halogens is 1. The van der Waals surface area contributed by atoms with E-state index < -0.39 is 11.8 Å². The van der Waals surface area contributed by atoms with Gasteiger partial charge < -0.3 is 15.4 Å². The van der Waals surface area contributed by atoms with Gasteiger partial charge >= 0.3 is 5.97 Å². The van der Waals surface area contributed by atoms with Crippen LogP contribution >= 0.6 is 0 Å². The Morgan fingerprint density at radius 2 is 2.26 bits per heavy atom. The highest BCUT2D eigenvalue weighted by molar-refractivity contribution is 6.02. The molecule has 0 saturated carbocycles. The minimum Gasteiger partial charge on any atom is -0.465 e. The second-order valence-corrected chi connectivity index (χ2v) is 4.32. The van der Waals surface area contributed by atoms with Crippen LogP contribution in [0.1, 0.15) is 23.2 Å². The lowest BCUT2D eigenvalue weighted by Crippen LogP contribution is -2.35. The van der Waals surface area contributed by atoms with Gasteiger partial charge in [-0.3, -0.25) is 4.79 Å². The van der Waals surface area contributed by atoms with Crippen LogP contribution in [0.5, 0.6) is 0 Å². The summed E-state index contributed by atoms with van der Waals surface area (Å²) in [7, 11) is 1.21. The van der Waals surface area contributed by atoms with Crippen LogP contribution in [0.2, 0.25) is 0 Å². The molecule has 6 heteroatoms. The van der Waals surface area contributed by atoms with E-state index in [9.17, 15) is 14.0 Å². The average molecular weight is 266 g/mol. The number of amides is 1. The lowest BCUT2D eigenvalue weighted by Gasteiger charge is -2.13. The zero-order chi connectivity index (χ0) is 13.8. The lowest BCUT2D eigenvalue weighted by molar-refractivity contribution is -0.117. The highest BCUT2D eigenvalue weighted by atomic mass is 19.1. The molecular formula is C13H15FN2O3. The van der Waals surface area contributed by atoms with Crippen LogP contribution in [0.3, 0.4) is 0 Å². The second-order valence-electron chi connectivity index (χ2n) is 4.32. The molecule has 0 bridgehead atoms. The molecule has 1 aromatic rings. The number of ether oxygens (including phenoxy) is 1. The second kappa shape index (κ2) is 5.79. The number of hydrogen-bond donors (Lipinski definition) is 2. The number of nitrogens with one attached hydrogen (secondary N) is 2. The Morgan fingerprint density at radius 1 is 1.47 bits per heavy atom. The predicted octanol–water partition coefficient (Wildman–Crippen LogP) is 1.30. The molecular weight excluding hydrogens is 251 g/mol. The van der Waals surface area contributed by atoms with Crippen molar-refractivity contribution in [2.75, 3.05) is 19.0 Å². The Kier molecular flexibility index (Phi) is 4.11. The van der Waals surface area contributed by atoms with Gasteiger partial charge in [-0.1, -0.05) is 0 Å². The topological polar surface area (TPSA) is 67.4 Å². The van der Waals surface area contributed by atoms with Crippen molar-refractivity contribution in [3.05, 3.63) is 29.6 Å². The van der Waals surface area contributed by atoms with Crippen LogP contribution in [0.15, 0.2) is 18.2 Å². The summed E-state index contributed by atoms with van der Waals surface area (Å²) in [6.07, 6.45) is 1.69. The summed E-state index contributed by atoms with van der Waals surface area (Å²) in [5, 5.41) is 5.67. The monoisotopic (exact) mass is 266 g/mol. The SMILES string of the molecule is COC(=O)c1cc(F)ccc1NC(=O)[C@@H]1CCCN1. The van der Waals surface area contributed by atoms with Crippen molar-refractivity contribution < 1.29 is 18.7 Å². The maximum Gasteiger partial charge on any atom is 0.340 e. The summed E-state index contributed by atoms with van der Waals surface area (Å²) in [6.45, 7) is 0.797. The highest BCUT2D eigenvalue weighted by Crippen LogP contribution is 2.19. The zero-order valence-electron chi connectivity index (χ0n) is 10.5. The van der Waals surface area contributed by atoms with Crippen molar-refractivity contribution in [3.8, 4) is 0 Å². The Morgan fingerprint density at radius 3 is 2.89 bits per heavy atom. The van der Waals surface area contributed by atoms with E-state index in [1.807, 2.05) is 0 Å². The first kappa shape index (κ1) is 13.5. The molecule has 2 N–H and O–H groups in total. The van der Waals surface area contributed by atoms with Crippen molar-refractivity contribution in [2.45, 2.75) is 18.9 Å². The molecule has 1 aliphatic rings. The molecule has 19 heavy (non-hydrogen) atoms. The molecule has 1 heterocycles. The van der Waals surface area contributed by atoms with Gasteiger partial charge in [0.25, 0.3) is 0 Å². The third kappa shape index (κ3) is 3.08. The smallest absolute Gasteiger partial charge is 0.340 e. The summed E-state index contributed by atoms with van der Waals surface area (Å²) in [5.41, 5.74) is 0.265. The molecule has 102 valence electrons. The van der Waals surface area contributed by atoms with E-state index in [-0.39, 0.29) is 23.2 Å². The van der Waals surface area contributed by atoms with Crippen molar-refractivity contribution in [1.29, 1.82) is 0 Å². The van der Waals surface area contributed by atoms with E-state index in [2.05, 4.69) is 15.4 Å². The normalized spacial score (nSPS) is 18.1. The molecule has 0 unspecified atom stereocenters. The summed E-state index contributed by atoms with van der Waals surface area (Å²) in [6, 6.07) is 3.32. The summed E-state index contributed by atoms with van der Waals surface area (Å²) < 4.78 is 17.7. The van der Waals surface area contributed by atoms with E-state index in [0.29, 0.717) is 0 Å². The Hall–Kier alpha value is -1.95. The van der Waals surface area contributed by atoms with Crippen molar-refractivity contribution in [2.24, 2.45) is 0 Å². The molecule has 5 nitrogen and oxygen atoms in total. The number of benzene rings is 1. The fraction of sp³-hybridized carbons (Fsp3) is 0.385.